The first-order valence-corrected chi connectivity index (χ1v) is 10.6. The SMILES string of the molecule is Cc1cc(N=Nc2cc3c(cc2NS(=O)(=O)C(F)(F)F)N(C)C(C)(C)CC3C)no1. The van der Waals surface area contributed by atoms with Crippen molar-refractivity contribution in [3.05, 3.63) is 29.5 Å². The Morgan fingerprint density at radius 3 is 2.50 bits per heavy atom. The van der Waals surface area contributed by atoms with Gasteiger partial charge in [-0.2, -0.15) is 21.6 Å². The lowest BCUT2D eigenvalue weighted by atomic mass is 9.80. The van der Waals surface area contributed by atoms with E-state index in [-0.39, 0.29) is 28.6 Å². The zero-order valence-corrected chi connectivity index (χ0v) is 17.9. The van der Waals surface area contributed by atoms with Gasteiger partial charge in [-0.05, 0) is 50.8 Å². The van der Waals surface area contributed by atoms with Crippen molar-refractivity contribution in [1.82, 2.24) is 5.16 Å². The number of sulfonamides is 1. The standard InChI is InChI=1S/C18H22F3N5O3S/c1-10-9-17(3,4)26(5)15-8-14(25-30(27,28)18(19,20)21)13(7-12(10)15)22-23-16-6-11(2)29-24-16/h6-8,10,25H,9H2,1-5H3. The molecule has 1 aromatic carbocycles. The van der Waals surface area contributed by atoms with Gasteiger partial charge in [0.2, 0.25) is 5.82 Å². The van der Waals surface area contributed by atoms with Crippen LogP contribution in [0.2, 0.25) is 0 Å². The lowest BCUT2D eigenvalue weighted by Crippen LogP contribution is -2.45. The number of hydrogen-bond donors (Lipinski definition) is 1. The lowest BCUT2D eigenvalue weighted by molar-refractivity contribution is -0.0429. The van der Waals surface area contributed by atoms with Crippen molar-refractivity contribution in [2.45, 2.75) is 51.1 Å². The van der Waals surface area contributed by atoms with Gasteiger partial charge in [0.1, 0.15) is 11.4 Å². The Labute approximate surface area is 172 Å². The fraction of sp³-hybridized carbons (Fsp3) is 0.500. The summed E-state index contributed by atoms with van der Waals surface area (Å²) in [6.07, 6.45) is 0.795. The van der Waals surface area contributed by atoms with Crippen LogP contribution in [0.25, 0.3) is 0 Å². The molecule has 12 heteroatoms. The molecule has 30 heavy (non-hydrogen) atoms. The van der Waals surface area contributed by atoms with Gasteiger partial charge in [-0.1, -0.05) is 12.1 Å². The normalized spacial score (nSPS) is 19.2. The fourth-order valence-electron chi connectivity index (χ4n) is 3.47. The summed E-state index contributed by atoms with van der Waals surface area (Å²) in [5.74, 6) is 0.661. The molecule has 0 amide bonds. The molecule has 1 aliphatic rings. The maximum Gasteiger partial charge on any atom is 0.516 e. The second kappa shape index (κ2) is 7.25. The largest absolute Gasteiger partial charge is 0.516 e. The molecule has 0 aliphatic carbocycles. The smallest absolute Gasteiger partial charge is 0.369 e. The third-order valence-corrected chi connectivity index (χ3v) is 6.27. The molecule has 0 bridgehead atoms. The summed E-state index contributed by atoms with van der Waals surface area (Å²) >= 11 is 0. The van der Waals surface area contributed by atoms with Crippen molar-refractivity contribution in [2.75, 3.05) is 16.7 Å². The van der Waals surface area contributed by atoms with Crippen LogP contribution < -0.4 is 9.62 Å². The van der Waals surface area contributed by atoms with Crippen molar-refractivity contribution in [3.63, 3.8) is 0 Å². The molecule has 0 spiro atoms. The lowest BCUT2D eigenvalue weighted by Gasteiger charge is -2.45. The van der Waals surface area contributed by atoms with Crippen LogP contribution in [0.4, 0.5) is 36.1 Å². The number of nitrogens with zero attached hydrogens (tertiary/aromatic N) is 4. The molecule has 164 valence electrons. The molecule has 1 N–H and O–H groups in total. The van der Waals surface area contributed by atoms with Gasteiger partial charge in [-0.25, -0.2) is 0 Å². The van der Waals surface area contributed by atoms with Crippen molar-refractivity contribution >= 4 is 32.9 Å². The maximum atomic E-state index is 13.0. The van der Waals surface area contributed by atoms with Crippen LogP contribution in [0, 0.1) is 6.92 Å². The zero-order chi connectivity index (χ0) is 22.5. The molecule has 1 unspecified atom stereocenters. The second-order valence-electron chi connectivity index (χ2n) is 7.95. The Morgan fingerprint density at radius 1 is 1.27 bits per heavy atom. The molecule has 0 saturated heterocycles. The second-order valence-corrected chi connectivity index (χ2v) is 9.63. The predicted octanol–water partition coefficient (Wildman–Crippen LogP) is 5.38. The van der Waals surface area contributed by atoms with E-state index in [2.05, 4.69) is 15.4 Å². The Hall–Kier alpha value is -2.63. The van der Waals surface area contributed by atoms with Gasteiger partial charge < -0.3 is 9.42 Å². The topological polar surface area (TPSA) is 100 Å². The average Bonchev–Trinajstić information content (AvgIpc) is 3.02. The maximum absolute atomic E-state index is 13.0. The number of nitrogens with one attached hydrogen (secondary N) is 1. The molecule has 0 fully saturated rings. The number of benzene rings is 1. The van der Waals surface area contributed by atoms with Gasteiger partial charge in [0, 0.05) is 24.3 Å². The zero-order valence-electron chi connectivity index (χ0n) is 17.1. The number of aromatic nitrogens is 1. The number of anilines is 2. The molecule has 2 heterocycles. The van der Waals surface area contributed by atoms with E-state index in [1.807, 2.05) is 32.7 Å². The van der Waals surface area contributed by atoms with E-state index in [1.54, 1.807) is 17.7 Å². The summed E-state index contributed by atoms with van der Waals surface area (Å²) in [5.41, 5.74) is -4.67. The molecule has 1 atom stereocenters. The number of alkyl halides is 3. The van der Waals surface area contributed by atoms with Crippen LogP contribution in [0.15, 0.2) is 33.0 Å². The molecule has 3 rings (SSSR count). The first kappa shape index (κ1) is 22.1. The molecule has 1 aliphatic heterocycles. The van der Waals surface area contributed by atoms with Crippen molar-refractivity contribution in [1.29, 1.82) is 0 Å². The molecule has 0 saturated carbocycles. The van der Waals surface area contributed by atoms with Crippen LogP contribution >= 0.6 is 0 Å². The number of azo groups is 1. The van der Waals surface area contributed by atoms with Crippen LogP contribution in [0.3, 0.4) is 0 Å². The summed E-state index contributed by atoms with van der Waals surface area (Å²) in [6, 6.07) is 4.40. The summed E-state index contributed by atoms with van der Waals surface area (Å²) in [6.45, 7) is 7.65. The van der Waals surface area contributed by atoms with E-state index in [0.717, 1.165) is 12.0 Å². The quantitative estimate of drug-likeness (QED) is 0.637. The molecular formula is C18H22F3N5O3S. The van der Waals surface area contributed by atoms with Crippen molar-refractivity contribution in [3.8, 4) is 0 Å². The van der Waals surface area contributed by atoms with Gasteiger partial charge in [0.15, 0.2) is 0 Å². The van der Waals surface area contributed by atoms with E-state index in [0.29, 0.717) is 11.4 Å². The third kappa shape index (κ3) is 4.13. The predicted molar refractivity (Wildman–Crippen MR) is 106 cm³/mol. The molecule has 0 radical (unpaired) electrons. The minimum Gasteiger partial charge on any atom is -0.369 e. The number of halogens is 3. The summed E-state index contributed by atoms with van der Waals surface area (Å²) in [5, 5.41) is 11.5. The minimum absolute atomic E-state index is 0.0535. The van der Waals surface area contributed by atoms with Crippen LogP contribution in [-0.2, 0) is 10.0 Å². The Kier molecular flexibility index (Phi) is 5.34. The van der Waals surface area contributed by atoms with Gasteiger partial charge >= 0.3 is 15.5 Å². The highest BCUT2D eigenvalue weighted by atomic mass is 32.2. The van der Waals surface area contributed by atoms with Crippen molar-refractivity contribution in [2.24, 2.45) is 10.2 Å². The van der Waals surface area contributed by atoms with Crippen molar-refractivity contribution < 1.29 is 26.1 Å². The number of rotatable bonds is 4. The first-order valence-electron chi connectivity index (χ1n) is 9.07. The van der Waals surface area contributed by atoms with E-state index in [9.17, 15) is 21.6 Å². The molecular weight excluding hydrogens is 423 g/mol. The van der Waals surface area contributed by atoms with Crippen LogP contribution in [-0.4, -0.2) is 31.7 Å². The van der Waals surface area contributed by atoms with E-state index >= 15 is 0 Å². The van der Waals surface area contributed by atoms with Crippen LogP contribution in [0.5, 0.6) is 0 Å². The Bertz CT molecular complexity index is 1090. The van der Waals surface area contributed by atoms with Gasteiger partial charge in [-0.3, -0.25) is 4.72 Å². The molecule has 8 nitrogen and oxygen atoms in total. The summed E-state index contributed by atoms with van der Waals surface area (Å²) < 4.78 is 68.9. The number of aryl methyl sites for hydroxylation is 1. The minimum atomic E-state index is -5.64. The highest BCUT2D eigenvalue weighted by Crippen LogP contribution is 2.47. The molecule has 2 aromatic rings. The Morgan fingerprint density at radius 2 is 1.93 bits per heavy atom. The van der Waals surface area contributed by atoms with Crippen LogP contribution in [0.1, 0.15) is 44.4 Å². The average molecular weight is 445 g/mol. The monoisotopic (exact) mass is 445 g/mol. The molecule has 1 aromatic heterocycles. The Balaban J connectivity index is 2.14. The highest BCUT2D eigenvalue weighted by Gasteiger charge is 2.46. The fourth-order valence-corrected chi connectivity index (χ4v) is 4.04. The van der Waals surface area contributed by atoms with E-state index < -0.39 is 15.5 Å². The van der Waals surface area contributed by atoms with Gasteiger partial charge in [-0.15, -0.1) is 10.2 Å². The van der Waals surface area contributed by atoms with E-state index in [4.69, 9.17) is 4.52 Å². The first-order chi connectivity index (χ1) is 13.7. The highest BCUT2D eigenvalue weighted by molar-refractivity contribution is 7.93. The number of hydrogen-bond acceptors (Lipinski definition) is 7. The summed E-state index contributed by atoms with van der Waals surface area (Å²) in [4.78, 5) is 1.91. The third-order valence-electron chi connectivity index (χ3n) is 5.18. The number of fused-ring (bicyclic) bond motifs is 1. The van der Waals surface area contributed by atoms with Gasteiger partial charge in [0.25, 0.3) is 0 Å². The summed E-state index contributed by atoms with van der Waals surface area (Å²) in [7, 11) is -3.83. The van der Waals surface area contributed by atoms with E-state index in [1.165, 1.54) is 12.1 Å². The van der Waals surface area contributed by atoms with Gasteiger partial charge in [0.05, 0.1) is 5.69 Å².